The van der Waals surface area contributed by atoms with Crippen LogP contribution in [0.4, 0.5) is 0 Å². The fourth-order valence-electron chi connectivity index (χ4n) is 2.61. The van der Waals surface area contributed by atoms with Gasteiger partial charge in [0.15, 0.2) is 4.34 Å². The molecule has 0 spiro atoms. The quantitative estimate of drug-likeness (QED) is 0.655. The highest BCUT2D eigenvalue weighted by Crippen LogP contribution is 2.33. The van der Waals surface area contributed by atoms with Gasteiger partial charge in [-0.3, -0.25) is 0 Å². The van der Waals surface area contributed by atoms with Gasteiger partial charge in [-0.15, -0.1) is 11.3 Å². The number of benzene rings is 2. The van der Waals surface area contributed by atoms with Gasteiger partial charge >= 0.3 is 0 Å². The summed E-state index contributed by atoms with van der Waals surface area (Å²) < 4.78 is 26.1. The van der Waals surface area contributed by atoms with Gasteiger partial charge in [0.1, 0.15) is 5.25 Å². The minimum absolute atomic E-state index is 0.463. The zero-order chi connectivity index (χ0) is 17.2. The Kier molecular flexibility index (Phi) is 5.24. The Morgan fingerprint density at radius 2 is 1.88 bits per heavy atom. The molecule has 0 aliphatic heterocycles. The SMILES string of the molecule is Cc1ccccc1C(CCSc1nc2ccccc2s1)S(N)(=O)=O. The molecule has 0 aliphatic carbocycles. The number of hydrogen-bond acceptors (Lipinski definition) is 5. The lowest BCUT2D eigenvalue weighted by atomic mass is 10.0. The zero-order valence-electron chi connectivity index (χ0n) is 13.2. The Morgan fingerprint density at radius 3 is 2.58 bits per heavy atom. The third-order valence-corrected chi connectivity index (χ3v) is 7.31. The van der Waals surface area contributed by atoms with E-state index in [-0.39, 0.29) is 0 Å². The Balaban J connectivity index is 1.73. The lowest BCUT2D eigenvalue weighted by molar-refractivity contribution is 0.581. The summed E-state index contributed by atoms with van der Waals surface area (Å²) in [6.07, 6.45) is 0.463. The summed E-state index contributed by atoms with van der Waals surface area (Å²) in [6.45, 7) is 1.91. The van der Waals surface area contributed by atoms with Crippen LogP contribution in [0.25, 0.3) is 10.2 Å². The molecule has 4 nitrogen and oxygen atoms in total. The predicted octanol–water partition coefficient (Wildman–Crippen LogP) is 4.12. The number of aryl methyl sites for hydroxylation is 1. The molecule has 0 radical (unpaired) electrons. The van der Waals surface area contributed by atoms with Crippen LogP contribution in [-0.4, -0.2) is 19.2 Å². The molecule has 2 N–H and O–H groups in total. The van der Waals surface area contributed by atoms with Gasteiger partial charge in [0, 0.05) is 5.75 Å². The standard InChI is InChI=1S/C17H18N2O2S3/c1-12-6-2-3-7-13(12)16(24(18,20)21)10-11-22-17-19-14-8-4-5-9-15(14)23-17/h2-9,16H,10-11H2,1H3,(H2,18,20,21). The monoisotopic (exact) mass is 378 g/mol. The van der Waals surface area contributed by atoms with Crippen molar-refractivity contribution >= 4 is 43.3 Å². The minimum atomic E-state index is -3.65. The van der Waals surface area contributed by atoms with Crippen LogP contribution < -0.4 is 5.14 Å². The van der Waals surface area contributed by atoms with E-state index in [4.69, 9.17) is 5.14 Å². The molecule has 2 aromatic carbocycles. The van der Waals surface area contributed by atoms with Gasteiger partial charge < -0.3 is 0 Å². The van der Waals surface area contributed by atoms with Gasteiger partial charge in [0.2, 0.25) is 10.0 Å². The summed E-state index contributed by atoms with van der Waals surface area (Å²) in [7, 11) is -3.65. The first-order chi connectivity index (χ1) is 11.4. The summed E-state index contributed by atoms with van der Waals surface area (Å²) in [5.74, 6) is 0.648. The van der Waals surface area contributed by atoms with E-state index in [2.05, 4.69) is 4.98 Å². The fraction of sp³-hybridized carbons (Fsp3) is 0.235. The smallest absolute Gasteiger partial charge is 0.216 e. The predicted molar refractivity (Wildman–Crippen MR) is 102 cm³/mol. The van der Waals surface area contributed by atoms with Crippen molar-refractivity contribution in [1.29, 1.82) is 0 Å². The van der Waals surface area contributed by atoms with Crippen LogP contribution in [0.5, 0.6) is 0 Å². The van der Waals surface area contributed by atoms with Gasteiger partial charge in [0.05, 0.1) is 10.2 Å². The number of thioether (sulfide) groups is 1. The first kappa shape index (κ1) is 17.4. The molecule has 0 bridgehead atoms. The molecule has 0 aliphatic rings. The van der Waals surface area contributed by atoms with Crippen molar-refractivity contribution < 1.29 is 8.42 Å². The van der Waals surface area contributed by atoms with E-state index < -0.39 is 15.3 Å². The van der Waals surface area contributed by atoms with Crippen LogP contribution in [0, 0.1) is 6.92 Å². The number of primary sulfonamides is 1. The van der Waals surface area contributed by atoms with Gasteiger partial charge in [-0.05, 0) is 36.6 Å². The van der Waals surface area contributed by atoms with Crippen LogP contribution in [0.15, 0.2) is 52.9 Å². The van der Waals surface area contributed by atoms with Crippen molar-refractivity contribution in [3.63, 3.8) is 0 Å². The van der Waals surface area contributed by atoms with Gasteiger partial charge in [-0.2, -0.15) is 0 Å². The molecule has 0 saturated carbocycles. The summed E-state index contributed by atoms with van der Waals surface area (Å²) in [5, 5.41) is 4.79. The Hall–Kier alpha value is -1.41. The van der Waals surface area contributed by atoms with Crippen LogP contribution >= 0.6 is 23.1 Å². The molecule has 0 fully saturated rings. The van der Waals surface area contributed by atoms with Crippen molar-refractivity contribution in [2.75, 3.05) is 5.75 Å². The highest BCUT2D eigenvalue weighted by molar-refractivity contribution is 8.01. The van der Waals surface area contributed by atoms with Gasteiger partial charge in [0.25, 0.3) is 0 Å². The van der Waals surface area contributed by atoms with Crippen molar-refractivity contribution in [3.05, 3.63) is 59.7 Å². The number of para-hydroxylation sites is 1. The van der Waals surface area contributed by atoms with Gasteiger partial charge in [-0.25, -0.2) is 18.5 Å². The van der Waals surface area contributed by atoms with Crippen molar-refractivity contribution in [1.82, 2.24) is 4.98 Å². The molecule has 1 aromatic heterocycles. The second-order valence-electron chi connectivity index (χ2n) is 5.52. The molecule has 3 rings (SSSR count). The van der Waals surface area contributed by atoms with E-state index in [0.29, 0.717) is 12.2 Å². The zero-order valence-corrected chi connectivity index (χ0v) is 15.6. The Morgan fingerprint density at radius 1 is 1.17 bits per heavy atom. The van der Waals surface area contributed by atoms with E-state index >= 15 is 0 Å². The number of rotatable bonds is 6. The van der Waals surface area contributed by atoms with Gasteiger partial charge in [-0.1, -0.05) is 48.2 Å². The average Bonchev–Trinajstić information content (AvgIpc) is 2.94. The summed E-state index contributed by atoms with van der Waals surface area (Å²) in [4.78, 5) is 4.56. The maximum Gasteiger partial charge on any atom is 0.216 e. The highest BCUT2D eigenvalue weighted by atomic mass is 32.2. The van der Waals surface area contributed by atoms with Crippen molar-refractivity contribution in [2.45, 2.75) is 22.9 Å². The van der Waals surface area contributed by atoms with Crippen LogP contribution in [-0.2, 0) is 10.0 Å². The molecule has 0 saturated heterocycles. The van der Waals surface area contributed by atoms with E-state index in [9.17, 15) is 8.42 Å². The lowest BCUT2D eigenvalue weighted by Crippen LogP contribution is -2.23. The lowest BCUT2D eigenvalue weighted by Gasteiger charge is -2.16. The number of sulfonamides is 1. The number of aromatic nitrogens is 1. The molecule has 3 aromatic rings. The van der Waals surface area contributed by atoms with E-state index in [1.807, 2.05) is 55.5 Å². The average molecular weight is 379 g/mol. The number of nitrogens with zero attached hydrogens (tertiary/aromatic N) is 1. The summed E-state index contributed by atoms with van der Waals surface area (Å²) >= 11 is 3.21. The van der Waals surface area contributed by atoms with Crippen molar-refractivity contribution in [3.8, 4) is 0 Å². The van der Waals surface area contributed by atoms with Crippen LogP contribution in [0.2, 0.25) is 0 Å². The third kappa shape index (κ3) is 3.97. The molecular formula is C17H18N2O2S3. The molecule has 24 heavy (non-hydrogen) atoms. The highest BCUT2D eigenvalue weighted by Gasteiger charge is 2.24. The number of nitrogens with two attached hydrogens (primary N) is 1. The molecular weight excluding hydrogens is 360 g/mol. The summed E-state index contributed by atoms with van der Waals surface area (Å²) in [6, 6.07) is 15.5. The third-order valence-electron chi connectivity index (χ3n) is 3.81. The second kappa shape index (κ2) is 7.23. The molecule has 126 valence electrons. The van der Waals surface area contributed by atoms with Crippen LogP contribution in [0.3, 0.4) is 0 Å². The normalized spacial score (nSPS) is 13.2. The Labute approximate surface area is 150 Å². The number of fused-ring (bicyclic) bond motifs is 1. The van der Waals surface area contributed by atoms with Crippen LogP contribution in [0.1, 0.15) is 22.8 Å². The molecule has 7 heteroatoms. The second-order valence-corrected chi connectivity index (χ2v) is 9.64. The fourth-order valence-corrected chi connectivity index (χ4v) is 5.97. The maximum atomic E-state index is 12.0. The molecule has 0 amide bonds. The minimum Gasteiger partial charge on any atom is -0.230 e. The number of thiazole rings is 1. The topological polar surface area (TPSA) is 73.0 Å². The number of hydrogen-bond donors (Lipinski definition) is 1. The molecule has 1 unspecified atom stereocenters. The molecule has 1 atom stereocenters. The first-order valence-electron chi connectivity index (χ1n) is 7.50. The summed E-state index contributed by atoms with van der Waals surface area (Å²) in [5.41, 5.74) is 2.71. The first-order valence-corrected chi connectivity index (χ1v) is 10.9. The van der Waals surface area contributed by atoms with E-state index in [0.717, 1.165) is 25.7 Å². The van der Waals surface area contributed by atoms with Crippen molar-refractivity contribution in [2.24, 2.45) is 5.14 Å². The molecule has 1 heterocycles. The van der Waals surface area contributed by atoms with E-state index in [1.165, 1.54) is 0 Å². The maximum absolute atomic E-state index is 12.0. The Bertz CT molecular complexity index is 918. The largest absolute Gasteiger partial charge is 0.230 e. The van der Waals surface area contributed by atoms with E-state index in [1.54, 1.807) is 23.1 Å².